The predicted octanol–water partition coefficient (Wildman–Crippen LogP) is 3.10. The Morgan fingerprint density at radius 3 is 2.44 bits per heavy atom. The van der Waals surface area contributed by atoms with E-state index in [1.54, 1.807) is 18.1 Å². The van der Waals surface area contributed by atoms with Gasteiger partial charge < -0.3 is 9.64 Å². The van der Waals surface area contributed by atoms with E-state index in [-0.39, 0.29) is 18.2 Å². The summed E-state index contributed by atoms with van der Waals surface area (Å²) in [5, 5.41) is -0.554. The molecular weight excluding hydrogens is 362 g/mol. The van der Waals surface area contributed by atoms with Crippen LogP contribution in [0.25, 0.3) is 6.08 Å². The minimum absolute atomic E-state index is 0.0192. The molecule has 1 aliphatic heterocycles. The molecule has 0 aromatic heterocycles. The number of nitrogens with zero attached hydrogens (tertiary/aromatic N) is 1. The van der Waals surface area contributed by atoms with Gasteiger partial charge in [0.1, 0.15) is 5.75 Å². The molecule has 0 aliphatic carbocycles. The first-order chi connectivity index (χ1) is 13.0. The van der Waals surface area contributed by atoms with Crippen LogP contribution in [0.1, 0.15) is 22.8 Å². The van der Waals surface area contributed by atoms with Crippen molar-refractivity contribution >= 4 is 21.8 Å². The molecule has 6 heteroatoms. The van der Waals surface area contributed by atoms with Gasteiger partial charge in [0.25, 0.3) is 0 Å². The fourth-order valence-corrected chi connectivity index (χ4v) is 4.99. The normalized spacial score (nSPS) is 19.6. The van der Waals surface area contributed by atoms with Crippen molar-refractivity contribution in [2.45, 2.75) is 11.7 Å². The zero-order valence-electron chi connectivity index (χ0n) is 15.2. The van der Waals surface area contributed by atoms with Crippen molar-refractivity contribution in [3.63, 3.8) is 0 Å². The lowest BCUT2D eigenvalue weighted by atomic mass is 10.1. The van der Waals surface area contributed by atoms with Crippen LogP contribution in [-0.4, -0.2) is 45.2 Å². The highest BCUT2D eigenvalue weighted by atomic mass is 32.2. The fraction of sp³-hybridized carbons (Fsp3) is 0.286. The van der Waals surface area contributed by atoms with Crippen LogP contribution in [-0.2, 0) is 14.6 Å². The average Bonchev–Trinajstić information content (AvgIpc) is 2.85. The van der Waals surface area contributed by atoms with Gasteiger partial charge in [-0.1, -0.05) is 42.5 Å². The van der Waals surface area contributed by atoms with Gasteiger partial charge in [-0.25, -0.2) is 8.42 Å². The van der Waals surface area contributed by atoms with E-state index in [9.17, 15) is 13.2 Å². The highest BCUT2D eigenvalue weighted by Crippen LogP contribution is 2.29. The summed E-state index contributed by atoms with van der Waals surface area (Å²) >= 11 is 0. The molecule has 1 aliphatic rings. The standard InChI is InChI=1S/C21H23NO4S/c1-26-19-10-7-17(8-11-19)9-12-21(23)22-14-13-20(27(24,25)16-15-22)18-5-3-2-4-6-18/h2-12,20H,13-16H2,1H3/b12-9+. The lowest BCUT2D eigenvalue weighted by molar-refractivity contribution is -0.125. The number of sulfone groups is 1. The molecule has 0 spiro atoms. The van der Waals surface area contributed by atoms with Crippen LogP contribution in [0.3, 0.4) is 0 Å². The summed E-state index contributed by atoms with van der Waals surface area (Å²) < 4.78 is 30.4. The van der Waals surface area contributed by atoms with Crippen LogP contribution in [0.2, 0.25) is 0 Å². The van der Waals surface area contributed by atoms with Crippen molar-refractivity contribution < 1.29 is 17.9 Å². The molecule has 1 atom stereocenters. The Morgan fingerprint density at radius 1 is 1.07 bits per heavy atom. The number of hydrogen-bond acceptors (Lipinski definition) is 4. The molecule has 27 heavy (non-hydrogen) atoms. The quantitative estimate of drug-likeness (QED) is 0.759. The summed E-state index contributed by atoms with van der Waals surface area (Å²) in [4.78, 5) is 14.1. The number of benzene rings is 2. The highest BCUT2D eigenvalue weighted by Gasteiger charge is 2.32. The minimum Gasteiger partial charge on any atom is -0.497 e. The van der Waals surface area contributed by atoms with Crippen LogP contribution in [0.4, 0.5) is 0 Å². The molecule has 0 N–H and O–H groups in total. The first-order valence-corrected chi connectivity index (χ1v) is 10.6. The Balaban J connectivity index is 1.69. The van der Waals surface area contributed by atoms with Crippen LogP contribution >= 0.6 is 0 Å². The van der Waals surface area contributed by atoms with Crippen molar-refractivity contribution in [2.75, 3.05) is 26.0 Å². The van der Waals surface area contributed by atoms with Gasteiger partial charge in [0.05, 0.1) is 18.1 Å². The lowest BCUT2D eigenvalue weighted by Crippen LogP contribution is -2.32. The monoisotopic (exact) mass is 385 g/mol. The van der Waals surface area contributed by atoms with E-state index < -0.39 is 15.1 Å². The minimum atomic E-state index is -3.29. The molecule has 1 saturated heterocycles. The lowest BCUT2D eigenvalue weighted by Gasteiger charge is -2.18. The topological polar surface area (TPSA) is 63.7 Å². The third-order valence-electron chi connectivity index (χ3n) is 4.76. The van der Waals surface area contributed by atoms with Gasteiger partial charge in [-0.3, -0.25) is 4.79 Å². The number of ether oxygens (including phenoxy) is 1. The van der Waals surface area contributed by atoms with Crippen LogP contribution in [0.5, 0.6) is 5.75 Å². The third kappa shape index (κ3) is 4.77. The Labute approximate surface area is 160 Å². The van der Waals surface area contributed by atoms with Gasteiger partial charge in [0.15, 0.2) is 9.84 Å². The number of amides is 1. The molecule has 0 radical (unpaired) electrons. The van der Waals surface area contributed by atoms with Crippen molar-refractivity contribution in [1.29, 1.82) is 0 Å². The zero-order valence-corrected chi connectivity index (χ0v) is 16.1. The van der Waals surface area contributed by atoms with Crippen molar-refractivity contribution in [1.82, 2.24) is 4.90 Å². The Bertz CT molecular complexity index is 905. The molecule has 2 aromatic carbocycles. The van der Waals surface area contributed by atoms with Crippen LogP contribution in [0.15, 0.2) is 60.7 Å². The van der Waals surface area contributed by atoms with E-state index in [1.165, 1.54) is 6.08 Å². The molecule has 1 amide bonds. The van der Waals surface area contributed by atoms with E-state index >= 15 is 0 Å². The predicted molar refractivity (Wildman–Crippen MR) is 106 cm³/mol. The number of carbonyl (C=O) groups excluding carboxylic acids is 1. The summed E-state index contributed by atoms with van der Waals surface area (Å²) in [5.41, 5.74) is 1.68. The summed E-state index contributed by atoms with van der Waals surface area (Å²) in [6.07, 6.45) is 3.64. The second kappa shape index (κ2) is 8.39. The summed E-state index contributed by atoms with van der Waals surface area (Å²) in [7, 11) is -1.68. The maximum Gasteiger partial charge on any atom is 0.246 e. The largest absolute Gasteiger partial charge is 0.497 e. The first-order valence-electron chi connectivity index (χ1n) is 8.87. The number of hydrogen-bond donors (Lipinski definition) is 0. The molecule has 5 nitrogen and oxygen atoms in total. The van der Waals surface area contributed by atoms with Crippen LogP contribution < -0.4 is 4.74 Å². The first kappa shape index (κ1) is 19.2. The van der Waals surface area contributed by atoms with Gasteiger partial charge in [-0.2, -0.15) is 0 Å². The third-order valence-corrected chi connectivity index (χ3v) is 6.88. The smallest absolute Gasteiger partial charge is 0.246 e. The van der Waals surface area contributed by atoms with E-state index in [2.05, 4.69) is 0 Å². The van der Waals surface area contributed by atoms with Gasteiger partial charge >= 0.3 is 0 Å². The average molecular weight is 385 g/mol. The molecule has 0 bridgehead atoms. The summed E-state index contributed by atoms with van der Waals surface area (Å²) in [6, 6.07) is 16.6. The van der Waals surface area contributed by atoms with E-state index in [4.69, 9.17) is 4.74 Å². The molecule has 1 unspecified atom stereocenters. The number of carbonyl (C=O) groups is 1. The van der Waals surface area contributed by atoms with Crippen molar-refractivity contribution in [2.24, 2.45) is 0 Å². The Morgan fingerprint density at radius 2 is 1.78 bits per heavy atom. The van der Waals surface area contributed by atoms with Gasteiger partial charge in [0.2, 0.25) is 5.91 Å². The highest BCUT2D eigenvalue weighted by molar-refractivity contribution is 7.91. The zero-order chi connectivity index (χ0) is 19.3. The number of methoxy groups -OCH3 is 1. The molecule has 3 rings (SSSR count). The summed E-state index contributed by atoms with van der Waals surface area (Å²) in [5.74, 6) is 0.562. The second-order valence-electron chi connectivity index (χ2n) is 6.49. The molecule has 0 saturated carbocycles. The molecule has 2 aromatic rings. The van der Waals surface area contributed by atoms with E-state index in [0.717, 1.165) is 16.9 Å². The van der Waals surface area contributed by atoms with Crippen molar-refractivity contribution in [3.05, 3.63) is 71.8 Å². The molecule has 142 valence electrons. The summed E-state index contributed by atoms with van der Waals surface area (Å²) in [6.45, 7) is 0.641. The Kier molecular flexibility index (Phi) is 5.96. The van der Waals surface area contributed by atoms with E-state index in [0.29, 0.717) is 13.0 Å². The molecule has 1 fully saturated rings. The van der Waals surface area contributed by atoms with Crippen LogP contribution in [0, 0.1) is 0 Å². The van der Waals surface area contributed by atoms with E-state index in [1.807, 2.05) is 54.6 Å². The molecule has 1 heterocycles. The second-order valence-corrected chi connectivity index (χ2v) is 8.79. The molecular formula is C21H23NO4S. The Hall–Kier alpha value is -2.60. The van der Waals surface area contributed by atoms with Gasteiger partial charge in [0, 0.05) is 19.2 Å². The van der Waals surface area contributed by atoms with Gasteiger partial charge in [-0.05, 0) is 35.8 Å². The maximum atomic E-state index is 12.6. The SMILES string of the molecule is COc1ccc(/C=C/C(=O)N2CCC(c3ccccc3)S(=O)(=O)CC2)cc1. The maximum absolute atomic E-state index is 12.6. The van der Waals surface area contributed by atoms with Gasteiger partial charge in [-0.15, -0.1) is 0 Å². The fourth-order valence-electron chi connectivity index (χ4n) is 3.19. The van der Waals surface area contributed by atoms with Crippen molar-refractivity contribution in [3.8, 4) is 5.75 Å². The number of rotatable bonds is 4.